The van der Waals surface area contributed by atoms with E-state index in [0.717, 1.165) is 28.2 Å². The summed E-state index contributed by atoms with van der Waals surface area (Å²) in [5.41, 5.74) is 2.16. The minimum atomic E-state index is 0.613. The number of nitrogens with zero attached hydrogens (tertiary/aromatic N) is 3. The van der Waals surface area contributed by atoms with Gasteiger partial charge in [0.2, 0.25) is 5.95 Å². The van der Waals surface area contributed by atoms with Crippen molar-refractivity contribution in [1.29, 1.82) is 0 Å². The average Bonchev–Trinajstić information content (AvgIpc) is 2.95. The van der Waals surface area contributed by atoms with Crippen molar-refractivity contribution in [2.75, 3.05) is 31.4 Å². The zero-order valence-electron chi connectivity index (χ0n) is 12.9. The van der Waals surface area contributed by atoms with Crippen LogP contribution in [0.25, 0.3) is 10.9 Å². The molecule has 2 heterocycles. The molecule has 3 rings (SSSR count). The molecular formula is C16H19N5O. The second-order valence-electron chi connectivity index (χ2n) is 5.23. The molecule has 0 unspecified atom stereocenters. The topological polar surface area (TPSA) is 66.1 Å². The molecule has 6 nitrogen and oxygen atoms in total. The number of hydrogen-bond acceptors (Lipinski definition) is 5. The largest absolute Gasteiger partial charge is 0.497 e. The van der Waals surface area contributed by atoms with Crippen molar-refractivity contribution >= 4 is 22.7 Å². The third-order valence-corrected chi connectivity index (χ3v) is 3.42. The second kappa shape index (κ2) is 5.93. The van der Waals surface area contributed by atoms with E-state index >= 15 is 0 Å². The van der Waals surface area contributed by atoms with Gasteiger partial charge in [-0.05, 0) is 30.3 Å². The van der Waals surface area contributed by atoms with Gasteiger partial charge >= 0.3 is 0 Å². The van der Waals surface area contributed by atoms with Gasteiger partial charge in [0, 0.05) is 36.9 Å². The van der Waals surface area contributed by atoms with E-state index in [0.29, 0.717) is 12.5 Å². The number of nitrogens with one attached hydrogen (secondary N) is 2. The molecule has 0 saturated carbocycles. The zero-order chi connectivity index (χ0) is 15.5. The Morgan fingerprint density at radius 3 is 2.86 bits per heavy atom. The molecule has 0 saturated heterocycles. The lowest BCUT2D eigenvalue weighted by Gasteiger charge is -2.11. The summed E-state index contributed by atoms with van der Waals surface area (Å²) in [6.45, 7) is 0.633. The Morgan fingerprint density at radius 2 is 2.09 bits per heavy atom. The van der Waals surface area contributed by atoms with Gasteiger partial charge in [-0.25, -0.2) is 4.98 Å². The molecule has 0 aliphatic rings. The fourth-order valence-electron chi connectivity index (χ4n) is 2.25. The Labute approximate surface area is 129 Å². The summed E-state index contributed by atoms with van der Waals surface area (Å²) in [5, 5.41) is 4.36. The fraction of sp³-hybridized carbons (Fsp3) is 0.250. The number of H-pyrrole nitrogens is 1. The molecule has 0 aliphatic carbocycles. The van der Waals surface area contributed by atoms with Crippen molar-refractivity contribution < 1.29 is 4.74 Å². The summed E-state index contributed by atoms with van der Waals surface area (Å²) in [6, 6.07) is 9.94. The van der Waals surface area contributed by atoms with E-state index < -0.39 is 0 Å². The third-order valence-electron chi connectivity index (χ3n) is 3.42. The monoisotopic (exact) mass is 297 g/mol. The van der Waals surface area contributed by atoms with Crippen molar-refractivity contribution in [2.45, 2.75) is 6.54 Å². The molecule has 3 aromatic rings. The highest BCUT2D eigenvalue weighted by molar-refractivity contribution is 5.82. The van der Waals surface area contributed by atoms with Crippen LogP contribution < -0.4 is 15.0 Å². The van der Waals surface area contributed by atoms with Crippen LogP contribution in [0.3, 0.4) is 0 Å². The smallest absolute Gasteiger partial charge is 0.224 e. The number of hydrogen-bond donors (Lipinski definition) is 2. The Bertz CT molecular complexity index is 781. The Morgan fingerprint density at radius 1 is 1.23 bits per heavy atom. The van der Waals surface area contributed by atoms with Gasteiger partial charge in [-0.15, -0.1) is 0 Å². The number of benzene rings is 1. The van der Waals surface area contributed by atoms with Crippen molar-refractivity contribution in [2.24, 2.45) is 0 Å². The maximum atomic E-state index is 5.24. The van der Waals surface area contributed by atoms with Gasteiger partial charge in [0.25, 0.3) is 0 Å². The van der Waals surface area contributed by atoms with Crippen LogP contribution >= 0.6 is 0 Å². The lowest BCUT2D eigenvalue weighted by atomic mass is 10.2. The molecule has 114 valence electrons. The standard InChI is InChI=1S/C16H19N5O/c1-21(2)15-6-7-17-16(20-15)18-10-12-8-11-9-13(22-3)4-5-14(11)19-12/h4-9,19H,10H2,1-3H3,(H,17,18,20). The first-order valence-corrected chi connectivity index (χ1v) is 7.05. The van der Waals surface area contributed by atoms with Crippen LogP contribution in [-0.2, 0) is 6.54 Å². The molecule has 0 aliphatic heterocycles. The second-order valence-corrected chi connectivity index (χ2v) is 5.23. The first kappa shape index (κ1) is 14.2. The van der Waals surface area contributed by atoms with Crippen molar-refractivity contribution in [3.05, 3.63) is 42.2 Å². The van der Waals surface area contributed by atoms with Crippen LogP contribution in [0.2, 0.25) is 0 Å². The van der Waals surface area contributed by atoms with E-state index in [1.807, 2.05) is 43.3 Å². The summed E-state index contributed by atoms with van der Waals surface area (Å²) < 4.78 is 5.24. The fourth-order valence-corrected chi connectivity index (χ4v) is 2.25. The summed E-state index contributed by atoms with van der Waals surface area (Å²) >= 11 is 0. The molecule has 0 atom stereocenters. The Hall–Kier alpha value is -2.76. The lowest BCUT2D eigenvalue weighted by Crippen LogP contribution is -2.12. The van der Waals surface area contributed by atoms with E-state index in [9.17, 15) is 0 Å². The molecule has 22 heavy (non-hydrogen) atoms. The quantitative estimate of drug-likeness (QED) is 0.758. The minimum absolute atomic E-state index is 0.613. The summed E-state index contributed by atoms with van der Waals surface area (Å²) in [7, 11) is 5.58. The van der Waals surface area contributed by atoms with Crippen LogP contribution in [0.1, 0.15) is 5.69 Å². The SMILES string of the molecule is COc1ccc2[nH]c(CNc3nccc(N(C)C)n3)cc2c1. The molecule has 2 aromatic heterocycles. The van der Waals surface area contributed by atoms with Gasteiger partial charge in [0.15, 0.2) is 0 Å². The van der Waals surface area contributed by atoms with Gasteiger partial charge in [-0.2, -0.15) is 4.98 Å². The van der Waals surface area contributed by atoms with Gasteiger partial charge in [-0.1, -0.05) is 0 Å². The first-order chi connectivity index (χ1) is 10.7. The summed E-state index contributed by atoms with van der Waals surface area (Å²) in [4.78, 5) is 14.0. The number of aromatic nitrogens is 3. The average molecular weight is 297 g/mol. The minimum Gasteiger partial charge on any atom is -0.497 e. The van der Waals surface area contributed by atoms with Crippen LogP contribution in [0.4, 0.5) is 11.8 Å². The molecule has 0 fully saturated rings. The maximum absolute atomic E-state index is 5.24. The van der Waals surface area contributed by atoms with E-state index in [1.54, 1.807) is 13.3 Å². The van der Waals surface area contributed by atoms with Crippen LogP contribution in [0, 0.1) is 0 Å². The number of aromatic amines is 1. The molecular weight excluding hydrogens is 278 g/mol. The zero-order valence-corrected chi connectivity index (χ0v) is 12.9. The predicted molar refractivity (Wildman–Crippen MR) is 88.5 cm³/mol. The highest BCUT2D eigenvalue weighted by atomic mass is 16.5. The number of methoxy groups -OCH3 is 1. The van der Waals surface area contributed by atoms with Crippen molar-refractivity contribution in [3.63, 3.8) is 0 Å². The molecule has 2 N–H and O–H groups in total. The Kier molecular flexibility index (Phi) is 3.82. The van der Waals surface area contributed by atoms with Crippen molar-refractivity contribution in [3.8, 4) is 5.75 Å². The number of anilines is 2. The third kappa shape index (κ3) is 2.95. The van der Waals surface area contributed by atoms with E-state index in [-0.39, 0.29) is 0 Å². The molecule has 0 radical (unpaired) electrons. The van der Waals surface area contributed by atoms with Crippen LogP contribution in [-0.4, -0.2) is 36.2 Å². The van der Waals surface area contributed by atoms with Crippen LogP contribution in [0.5, 0.6) is 5.75 Å². The van der Waals surface area contributed by atoms with E-state index in [1.165, 1.54) is 0 Å². The summed E-state index contributed by atoms with van der Waals surface area (Å²) in [6.07, 6.45) is 1.75. The normalized spacial score (nSPS) is 10.7. The number of ether oxygens (including phenoxy) is 1. The maximum Gasteiger partial charge on any atom is 0.224 e. The van der Waals surface area contributed by atoms with Gasteiger partial charge in [-0.3, -0.25) is 0 Å². The number of fused-ring (bicyclic) bond motifs is 1. The molecule has 1 aromatic carbocycles. The van der Waals surface area contributed by atoms with Crippen LogP contribution in [0.15, 0.2) is 36.5 Å². The van der Waals surface area contributed by atoms with E-state index in [2.05, 4.69) is 26.3 Å². The predicted octanol–water partition coefficient (Wildman–Crippen LogP) is 2.64. The molecule has 6 heteroatoms. The highest BCUT2D eigenvalue weighted by Gasteiger charge is 2.04. The van der Waals surface area contributed by atoms with E-state index in [4.69, 9.17) is 4.74 Å². The first-order valence-electron chi connectivity index (χ1n) is 7.05. The van der Waals surface area contributed by atoms with Gasteiger partial charge in [0.1, 0.15) is 11.6 Å². The summed E-state index contributed by atoms with van der Waals surface area (Å²) in [5.74, 6) is 2.34. The lowest BCUT2D eigenvalue weighted by molar-refractivity contribution is 0.415. The number of rotatable bonds is 5. The molecule has 0 amide bonds. The Balaban J connectivity index is 1.75. The highest BCUT2D eigenvalue weighted by Crippen LogP contribution is 2.21. The molecule has 0 spiro atoms. The van der Waals surface area contributed by atoms with Gasteiger partial charge < -0.3 is 19.9 Å². The van der Waals surface area contributed by atoms with Gasteiger partial charge in [0.05, 0.1) is 13.7 Å². The molecule has 0 bridgehead atoms. The van der Waals surface area contributed by atoms with Crippen molar-refractivity contribution in [1.82, 2.24) is 15.0 Å².